The Labute approximate surface area is 121 Å². The number of hydrogen-bond donors (Lipinski definition) is 0. The van der Waals surface area contributed by atoms with Gasteiger partial charge in [-0.15, -0.1) is 0 Å². The van der Waals surface area contributed by atoms with Crippen LogP contribution in [0.25, 0.3) is 0 Å². The van der Waals surface area contributed by atoms with Crippen LogP contribution in [0.4, 0.5) is 0 Å². The lowest BCUT2D eigenvalue weighted by atomic mass is 10.0. The van der Waals surface area contributed by atoms with Gasteiger partial charge in [0.05, 0.1) is 7.11 Å². The summed E-state index contributed by atoms with van der Waals surface area (Å²) >= 11 is 3.38. The Bertz CT molecular complexity index is 588. The lowest BCUT2D eigenvalue weighted by Gasteiger charge is -2.07. The minimum atomic E-state index is 0.0978. The van der Waals surface area contributed by atoms with E-state index in [-0.39, 0.29) is 5.78 Å². The first-order valence-corrected chi connectivity index (χ1v) is 6.81. The van der Waals surface area contributed by atoms with E-state index in [0.717, 1.165) is 21.3 Å². The first-order chi connectivity index (χ1) is 9.10. The fraction of sp³-hybridized carbons (Fsp3) is 0.188. The molecule has 2 nitrogen and oxygen atoms in total. The molecule has 98 valence electrons. The molecule has 2 aromatic rings. The minimum Gasteiger partial charge on any atom is -0.496 e. The van der Waals surface area contributed by atoms with Crippen molar-refractivity contribution in [2.24, 2.45) is 0 Å². The van der Waals surface area contributed by atoms with E-state index in [1.807, 2.05) is 43.3 Å². The van der Waals surface area contributed by atoms with Crippen LogP contribution >= 0.6 is 15.9 Å². The number of hydrogen-bond acceptors (Lipinski definition) is 2. The number of halogens is 1. The quantitative estimate of drug-likeness (QED) is 0.790. The molecule has 0 saturated carbocycles. The third-order valence-corrected chi connectivity index (χ3v) is 3.54. The lowest BCUT2D eigenvalue weighted by molar-refractivity contribution is 0.0992. The second-order valence-corrected chi connectivity index (χ2v) is 5.33. The van der Waals surface area contributed by atoms with Crippen LogP contribution in [0.1, 0.15) is 21.5 Å². The van der Waals surface area contributed by atoms with E-state index in [1.165, 1.54) is 0 Å². The van der Waals surface area contributed by atoms with Crippen molar-refractivity contribution in [1.82, 2.24) is 0 Å². The number of ketones is 1. The number of ether oxygens (including phenoxy) is 1. The Morgan fingerprint density at radius 2 is 1.84 bits per heavy atom. The van der Waals surface area contributed by atoms with Crippen molar-refractivity contribution in [1.29, 1.82) is 0 Å². The van der Waals surface area contributed by atoms with Crippen LogP contribution < -0.4 is 4.74 Å². The fourth-order valence-corrected chi connectivity index (χ4v) is 2.15. The van der Waals surface area contributed by atoms with Gasteiger partial charge < -0.3 is 4.74 Å². The number of Topliss-reactive ketones (excluding diaryl/α,β-unsaturated/α-hetero) is 1. The summed E-state index contributed by atoms with van der Waals surface area (Å²) in [6.45, 7) is 1.96. The smallest absolute Gasteiger partial charge is 0.167 e. The van der Waals surface area contributed by atoms with E-state index >= 15 is 0 Å². The summed E-state index contributed by atoms with van der Waals surface area (Å²) in [6.07, 6.45) is 0.402. The molecule has 0 radical (unpaired) electrons. The van der Waals surface area contributed by atoms with E-state index in [4.69, 9.17) is 4.74 Å². The number of aryl methyl sites for hydroxylation is 1. The van der Waals surface area contributed by atoms with E-state index in [1.54, 1.807) is 13.2 Å². The van der Waals surface area contributed by atoms with Gasteiger partial charge in [-0.3, -0.25) is 4.79 Å². The van der Waals surface area contributed by atoms with Gasteiger partial charge in [0.1, 0.15) is 5.75 Å². The van der Waals surface area contributed by atoms with Gasteiger partial charge in [-0.25, -0.2) is 0 Å². The van der Waals surface area contributed by atoms with Crippen molar-refractivity contribution < 1.29 is 9.53 Å². The van der Waals surface area contributed by atoms with Crippen LogP contribution in [0.5, 0.6) is 5.75 Å². The van der Waals surface area contributed by atoms with Crippen molar-refractivity contribution in [2.75, 3.05) is 7.11 Å². The van der Waals surface area contributed by atoms with Crippen molar-refractivity contribution in [3.8, 4) is 5.75 Å². The van der Waals surface area contributed by atoms with Crippen molar-refractivity contribution >= 4 is 21.7 Å². The number of methoxy groups -OCH3 is 1. The van der Waals surface area contributed by atoms with Gasteiger partial charge in [0.15, 0.2) is 5.78 Å². The minimum absolute atomic E-state index is 0.0978. The van der Waals surface area contributed by atoms with Crippen molar-refractivity contribution in [3.05, 3.63) is 63.6 Å². The molecule has 0 spiro atoms. The highest BCUT2D eigenvalue weighted by molar-refractivity contribution is 9.10. The molecule has 0 aliphatic heterocycles. The molecule has 0 unspecified atom stereocenters. The number of benzene rings is 2. The number of carbonyl (C=O) groups is 1. The molecule has 2 aromatic carbocycles. The lowest BCUT2D eigenvalue weighted by Crippen LogP contribution is -2.04. The molecular weight excluding hydrogens is 304 g/mol. The number of rotatable bonds is 4. The third kappa shape index (κ3) is 3.44. The van der Waals surface area contributed by atoms with Crippen LogP contribution in [0.3, 0.4) is 0 Å². The normalized spacial score (nSPS) is 10.3. The van der Waals surface area contributed by atoms with Crippen molar-refractivity contribution in [2.45, 2.75) is 13.3 Å². The summed E-state index contributed by atoms with van der Waals surface area (Å²) in [4.78, 5) is 12.2. The Hall–Kier alpha value is -1.61. The molecule has 2 rings (SSSR count). The third-order valence-electron chi connectivity index (χ3n) is 3.01. The largest absolute Gasteiger partial charge is 0.496 e. The van der Waals surface area contributed by atoms with Gasteiger partial charge in [-0.05, 0) is 36.2 Å². The van der Waals surface area contributed by atoms with Gasteiger partial charge in [0, 0.05) is 16.5 Å². The summed E-state index contributed by atoms with van der Waals surface area (Å²) in [7, 11) is 1.62. The summed E-state index contributed by atoms with van der Waals surface area (Å²) in [5.41, 5.74) is 2.72. The highest BCUT2D eigenvalue weighted by Crippen LogP contribution is 2.20. The average molecular weight is 319 g/mol. The maximum Gasteiger partial charge on any atom is 0.167 e. The summed E-state index contributed by atoms with van der Waals surface area (Å²) in [5, 5.41) is 0. The molecule has 0 amide bonds. The fourth-order valence-electron chi connectivity index (χ4n) is 1.88. The van der Waals surface area contributed by atoms with Gasteiger partial charge in [0.2, 0.25) is 0 Å². The Balaban J connectivity index is 2.18. The van der Waals surface area contributed by atoms with Crippen molar-refractivity contribution in [3.63, 3.8) is 0 Å². The zero-order valence-corrected chi connectivity index (χ0v) is 12.5. The highest BCUT2D eigenvalue weighted by atomic mass is 79.9. The van der Waals surface area contributed by atoms with E-state index < -0.39 is 0 Å². The topological polar surface area (TPSA) is 26.3 Å². The van der Waals surface area contributed by atoms with Crippen LogP contribution in [-0.2, 0) is 6.42 Å². The molecule has 0 atom stereocenters. The predicted molar refractivity (Wildman–Crippen MR) is 79.9 cm³/mol. The average Bonchev–Trinajstić information content (AvgIpc) is 2.42. The molecule has 0 aliphatic carbocycles. The monoisotopic (exact) mass is 318 g/mol. The molecular formula is C16H15BrO2. The molecule has 0 aliphatic rings. The molecule has 0 N–H and O–H groups in total. The maximum atomic E-state index is 12.2. The highest BCUT2D eigenvalue weighted by Gasteiger charge is 2.09. The van der Waals surface area contributed by atoms with Crippen LogP contribution in [0, 0.1) is 6.92 Å². The van der Waals surface area contributed by atoms with E-state index in [9.17, 15) is 4.79 Å². The van der Waals surface area contributed by atoms with E-state index in [0.29, 0.717) is 12.0 Å². The van der Waals surface area contributed by atoms with E-state index in [2.05, 4.69) is 15.9 Å². The van der Waals surface area contributed by atoms with Crippen LogP contribution in [0.15, 0.2) is 46.9 Å². The molecule has 3 heteroatoms. The molecule has 0 saturated heterocycles. The summed E-state index contributed by atoms with van der Waals surface area (Å²) in [6, 6.07) is 13.3. The maximum absolute atomic E-state index is 12.2. The first-order valence-electron chi connectivity index (χ1n) is 6.02. The Morgan fingerprint density at radius 3 is 2.47 bits per heavy atom. The van der Waals surface area contributed by atoms with Gasteiger partial charge >= 0.3 is 0 Å². The SMILES string of the molecule is COc1cc(C(=O)Cc2ccc(Br)cc2)ccc1C. The second kappa shape index (κ2) is 6.02. The molecule has 0 fully saturated rings. The Kier molecular flexibility index (Phi) is 4.38. The van der Waals surface area contributed by atoms with Gasteiger partial charge in [0.25, 0.3) is 0 Å². The van der Waals surface area contributed by atoms with Gasteiger partial charge in [-0.2, -0.15) is 0 Å². The molecule has 0 aromatic heterocycles. The summed E-state index contributed by atoms with van der Waals surface area (Å²) in [5.74, 6) is 0.849. The molecule has 0 bridgehead atoms. The molecule has 0 heterocycles. The second-order valence-electron chi connectivity index (χ2n) is 4.41. The zero-order chi connectivity index (χ0) is 13.8. The van der Waals surface area contributed by atoms with Gasteiger partial charge in [-0.1, -0.05) is 40.2 Å². The first kappa shape index (κ1) is 13.8. The molecule has 19 heavy (non-hydrogen) atoms. The number of carbonyl (C=O) groups excluding carboxylic acids is 1. The predicted octanol–water partition coefficient (Wildman–Crippen LogP) is 4.19. The summed E-state index contributed by atoms with van der Waals surface area (Å²) < 4.78 is 6.26. The standard InChI is InChI=1S/C16H15BrO2/c1-11-3-6-13(10-16(11)19-2)15(18)9-12-4-7-14(17)8-5-12/h3-8,10H,9H2,1-2H3. The Morgan fingerprint density at radius 1 is 1.16 bits per heavy atom. The zero-order valence-electron chi connectivity index (χ0n) is 10.9. The van der Waals surface area contributed by atoms with Crippen LogP contribution in [-0.4, -0.2) is 12.9 Å². The van der Waals surface area contributed by atoms with Crippen LogP contribution in [0.2, 0.25) is 0 Å².